The third kappa shape index (κ3) is 4.41. The predicted octanol–water partition coefficient (Wildman–Crippen LogP) is 3.94. The molecule has 8 nitrogen and oxygen atoms in total. The number of pyridine rings is 2. The zero-order chi connectivity index (χ0) is 23.5. The van der Waals surface area contributed by atoms with Crippen LogP contribution in [0.15, 0.2) is 54.9 Å². The summed E-state index contributed by atoms with van der Waals surface area (Å²) in [6.45, 7) is 4.27. The highest BCUT2D eigenvalue weighted by atomic mass is 16.5. The van der Waals surface area contributed by atoms with E-state index in [2.05, 4.69) is 15.3 Å². The predicted molar refractivity (Wildman–Crippen MR) is 125 cm³/mol. The van der Waals surface area contributed by atoms with Crippen molar-refractivity contribution < 1.29 is 19.1 Å². The molecule has 0 saturated carbocycles. The smallest absolute Gasteiger partial charge is 0.296 e. The molecule has 0 aliphatic carbocycles. The van der Waals surface area contributed by atoms with Crippen LogP contribution in [0.3, 0.4) is 0 Å². The zero-order valence-electron chi connectivity index (χ0n) is 18.9. The Morgan fingerprint density at radius 1 is 1.00 bits per heavy atom. The Morgan fingerprint density at radius 3 is 2.52 bits per heavy atom. The normalized spacial score (nSPS) is 10.8. The number of nitrogens with one attached hydrogen (secondary N) is 1. The van der Waals surface area contributed by atoms with Gasteiger partial charge in [-0.1, -0.05) is 6.07 Å². The quantitative estimate of drug-likeness (QED) is 0.343. The summed E-state index contributed by atoms with van der Waals surface area (Å²) < 4.78 is 12.4. The molecule has 0 bridgehead atoms. The molecule has 0 aliphatic heterocycles. The summed E-state index contributed by atoms with van der Waals surface area (Å²) >= 11 is 0. The Hall–Kier alpha value is -4.20. The summed E-state index contributed by atoms with van der Waals surface area (Å²) in [6, 6.07) is 12.6. The molecule has 8 heteroatoms. The van der Waals surface area contributed by atoms with Crippen LogP contribution in [0, 0.1) is 13.8 Å². The SMILES string of the molecule is COc1ccc2c(c1)c(C(=O)C(=O)Nc1ccnc(OC)c1)c(C)n2Cc1ccc(C)cn1. The van der Waals surface area contributed by atoms with Crippen LogP contribution in [0.1, 0.15) is 27.3 Å². The minimum Gasteiger partial charge on any atom is -0.497 e. The summed E-state index contributed by atoms with van der Waals surface area (Å²) in [7, 11) is 3.04. The minimum absolute atomic E-state index is 0.328. The van der Waals surface area contributed by atoms with Gasteiger partial charge in [-0.05, 0) is 49.7 Å². The van der Waals surface area contributed by atoms with E-state index in [0.717, 1.165) is 16.8 Å². The first-order valence-electron chi connectivity index (χ1n) is 10.4. The summed E-state index contributed by atoms with van der Waals surface area (Å²) in [4.78, 5) is 34.7. The van der Waals surface area contributed by atoms with Crippen LogP contribution in [0.5, 0.6) is 11.6 Å². The zero-order valence-corrected chi connectivity index (χ0v) is 18.9. The van der Waals surface area contributed by atoms with Gasteiger partial charge in [-0.2, -0.15) is 0 Å². The summed E-state index contributed by atoms with van der Waals surface area (Å²) in [6.07, 6.45) is 3.30. The molecule has 0 fully saturated rings. The lowest BCUT2D eigenvalue weighted by atomic mass is 10.1. The molecular formula is C25H24N4O4. The number of hydrogen-bond donors (Lipinski definition) is 1. The van der Waals surface area contributed by atoms with Gasteiger partial charge in [0.15, 0.2) is 0 Å². The Labute approximate surface area is 191 Å². The third-order valence-electron chi connectivity index (χ3n) is 5.46. The Bertz CT molecular complexity index is 1340. The average molecular weight is 444 g/mol. The molecule has 0 saturated heterocycles. The van der Waals surface area contributed by atoms with Crippen LogP contribution in [0.2, 0.25) is 0 Å². The summed E-state index contributed by atoms with van der Waals surface area (Å²) in [5, 5.41) is 3.28. The minimum atomic E-state index is -0.748. The van der Waals surface area contributed by atoms with Gasteiger partial charge in [0.2, 0.25) is 5.88 Å². The monoisotopic (exact) mass is 444 g/mol. The number of rotatable bonds is 7. The van der Waals surface area contributed by atoms with Gasteiger partial charge in [-0.3, -0.25) is 14.6 Å². The van der Waals surface area contributed by atoms with Crippen LogP contribution in [-0.4, -0.2) is 40.4 Å². The van der Waals surface area contributed by atoms with E-state index in [1.807, 2.05) is 48.9 Å². The van der Waals surface area contributed by atoms with Crippen molar-refractivity contribution in [1.82, 2.24) is 14.5 Å². The molecule has 33 heavy (non-hydrogen) atoms. The highest BCUT2D eigenvalue weighted by molar-refractivity contribution is 6.48. The number of fused-ring (bicyclic) bond motifs is 1. The van der Waals surface area contributed by atoms with Crippen molar-refractivity contribution in [3.63, 3.8) is 0 Å². The molecule has 3 heterocycles. The van der Waals surface area contributed by atoms with E-state index in [4.69, 9.17) is 9.47 Å². The third-order valence-corrected chi connectivity index (χ3v) is 5.46. The van der Waals surface area contributed by atoms with Gasteiger partial charge < -0.3 is 19.4 Å². The number of amides is 1. The molecular weight excluding hydrogens is 420 g/mol. The number of carbonyl (C=O) groups is 2. The number of methoxy groups -OCH3 is 2. The summed E-state index contributed by atoms with van der Waals surface area (Å²) in [5.41, 5.74) is 4.16. The van der Waals surface area contributed by atoms with E-state index in [0.29, 0.717) is 40.5 Å². The van der Waals surface area contributed by atoms with Crippen molar-refractivity contribution in [3.05, 3.63) is 77.4 Å². The second kappa shape index (κ2) is 9.12. The van der Waals surface area contributed by atoms with Crippen LogP contribution in [-0.2, 0) is 11.3 Å². The van der Waals surface area contributed by atoms with E-state index in [1.54, 1.807) is 25.3 Å². The first-order chi connectivity index (χ1) is 15.9. The fraction of sp³-hybridized carbons (Fsp3) is 0.200. The van der Waals surface area contributed by atoms with Crippen LogP contribution in [0.4, 0.5) is 5.69 Å². The van der Waals surface area contributed by atoms with Crippen molar-refractivity contribution in [2.45, 2.75) is 20.4 Å². The molecule has 0 spiro atoms. The Kier molecular flexibility index (Phi) is 6.08. The molecule has 0 atom stereocenters. The van der Waals surface area contributed by atoms with Gasteiger partial charge in [0.1, 0.15) is 5.75 Å². The first kappa shape index (κ1) is 22.0. The molecule has 4 aromatic rings. The van der Waals surface area contributed by atoms with Gasteiger partial charge in [0.05, 0.1) is 32.0 Å². The average Bonchev–Trinajstić information content (AvgIpc) is 3.10. The fourth-order valence-corrected chi connectivity index (χ4v) is 3.73. The number of aromatic nitrogens is 3. The van der Waals surface area contributed by atoms with Crippen molar-refractivity contribution in [2.75, 3.05) is 19.5 Å². The second-order valence-electron chi connectivity index (χ2n) is 7.63. The number of ketones is 1. The molecule has 168 valence electrons. The highest BCUT2D eigenvalue weighted by Crippen LogP contribution is 2.31. The highest BCUT2D eigenvalue weighted by Gasteiger charge is 2.26. The standard InChI is InChI=1S/C25H24N4O4/c1-15-5-6-18(27-13-15)14-29-16(2)23(20-12-19(32-3)7-8-21(20)29)24(30)25(31)28-17-9-10-26-22(11-17)33-4/h5-13H,14H2,1-4H3,(H,26,28,31). The lowest BCUT2D eigenvalue weighted by Crippen LogP contribution is -2.23. The maximum absolute atomic E-state index is 13.3. The number of benzene rings is 1. The number of nitrogens with zero attached hydrogens (tertiary/aromatic N) is 3. The van der Waals surface area contributed by atoms with Crippen LogP contribution >= 0.6 is 0 Å². The number of hydrogen-bond acceptors (Lipinski definition) is 6. The number of Topliss-reactive ketones (excluding diaryl/α,β-unsaturated/α-hetero) is 1. The first-order valence-corrected chi connectivity index (χ1v) is 10.4. The molecule has 1 amide bonds. The molecule has 0 aliphatic rings. The molecule has 0 radical (unpaired) electrons. The maximum atomic E-state index is 13.3. The summed E-state index contributed by atoms with van der Waals surface area (Å²) in [5.74, 6) is -0.455. The van der Waals surface area contributed by atoms with Crippen molar-refractivity contribution in [3.8, 4) is 11.6 Å². The largest absolute Gasteiger partial charge is 0.497 e. The number of anilines is 1. The number of aryl methyl sites for hydroxylation is 1. The molecule has 4 rings (SSSR count). The van der Waals surface area contributed by atoms with E-state index in [1.165, 1.54) is 13.3 Å². The lowest BCUT2D eigenvalue weighted by Gasteiger charge is -2.09. The molecule has 3 aromatic heterocycles. The van der Waals surface area contributed by atoms with Gasteiger partial charge in [0.25, 0.3) is 11.7 Å². The molecule has 1 N–H and O–H groups in total. The Balaban J connectivity index is 1.75. The van der Waals surface area contributed by atoms with E-state index in [9.17, 15) is 9.59 Å². The van der Waals surface area contributed by atoms with E-state index < -0.39 is 11.7 Å². The van der Waals surface area contributed by atoms with Gasteiger partial charge >= 0.3 is 0 Å². The Morgan fingerprint density at radius 2 is 1.82 bits per heavy atom. The van der Waals surface area contributed by atoms with Crippen molar-refractivity contribution in [2.24, 2.45) is 0 Å². The number of ether oxygens (including phenoxy) is 2. The topological polar surface area (TPSA) is 95.3 Å². The van der Waals surface area contributed by atoms with Gasteiger partial charge in [-0.15, -0.1) is 0 Å². The lowest BCUT2D eigenvalue weighted by molar-refractivity contribution is -0.112. The number of carbonyl (C=O) groups excluding carboxylic acids is 2. The maximum Gasteiger partial charge on any atom is 0.296 e. The van der Waals surface area contributed by atoms with Gasteiger partial charge in [0, 0.05) is 40.7 Å². The van der Waals surface area contributed by atoms with Crippen molar-refractivity contribution >= 4 is 28.3 Å². The molecule has 0 unspecified atom stereocenters. The van der Waals surface area contributed by atoms with Crippen molar-refractivity contribution in [1.29, 1.82) is 0 Å². The van der Waals surface area contributed by atoms with E-state index >= 15 is 0 Å². The van der Waals surface area contributed by atoms with Crippen LogP contribution < -0.4 is 14.8 Å². The fourth-order valence-electron chi connectivity index (χ4n) is 3.73. The van der Waals surface area contributed by atoms with E-state index in [-0.39, 0.29) is 0 Å². The second-order valence-corrected chi connectivity index (χ2v) is 7.63. The van der Waals surface area contributed by atoms with Crippen LogP contribution in [0.25, 0.3) is 10.9 Å². The molecule has 1 aromatic carbocycles. The van der Waals surface area contributed by atoms with Gasteiger partial charge in [-0.25, -0.2) is 4.98 Å².